The molecule has 0 aliphatic rings. The second kappa shape index (κ2) is 4.78. The molecule has 14 heavy (non-hydrogen) atoms. The van der Waals surface area contributed by atoms with E-state index in [0.29, 0.717) is 12.0 Å². The zero-order valence-electron chi connectivity index (χ0n) is 7.83. The number of rotatable bonds is 3. The van der Waals surface area contributed by atoms with Crippen LogP contribution in [0.25, 0.3) is 0 Å². The van der Waals surface area contributed by atoms with Crippen molar-refractivity contribution in [1.82, 2.24) is 0 Å². The summed E-state index contributed by atoms with van der Waals surface area (Å²) in [4.78, 5) is 11.5. The molecular weight excluding hydrogens is 198 g/mol. The number of nitrogens with zero attached hydrogens (tertiary/aromatic N) is 1. The van der Waals surface area contributed by atoms with Crippen molar-refractivity contribution >= 4 is 17.4 Å². The van der Waals surface area contributed by atoms with E-state index in [2.05, 4.69) is 0 Å². The SMILES string of the molecule is CC(Cl)C(=O)c1cccc(CC#N)c1. The number of carbonyl (C=O) groups excluding carboxylic acids is 1. The molecular formula is C11H10ClNO. The second-order valence-electron chi connectivity index (χ2n) is 3.02. The van der Waals surface area contributed by atoms with E-state index in [9.17, 15) is 4.79 Å². The van der Waals surface area contributed by atoms with Crippen LogP contribution >= 0.6 is 11.6 Å². The van der Waals surface area contributed by atoms with Gasteiger partial charge >= 0.3 is 0 Å². The van der Waals surface area contributed by atoms with E-state index in [4.69, 9.17) is 16.9 Å². The summed E-state index contributed by atoms with van der Waals surface area (Å²) in [5, 5.41) is 7.98. The lowest BCUT2D eigenvalue weighted by molar-refractivity contribution is 0.0991. The maximum atomic E-state index is 11.5. The fourth-order valence-electron chi connectivity index (χ4n) is 1.16. The second-order valence-corrected chi connectivity index (χ2v) is 3.67. The van der Waals surface area contributed by atoms with Gasteiger partial charge in [-0.25, -0.2) is 0 Å². The van der Waals surface area contributed by atoms with E-state index >= 15 is 0 Å². The van der Waals surface area contributed by atoms with Gasteiger partial charge in [0.2, 0.25) is 0 Å². The van der Waals surface area contributed by atoms with Crippen molar-refractivity contribution in [3.8, 4) is 6.07 Å². The zero-order valence-corrected chi connectivity index (χ0v) is 8.58. The molecule has 0 aliphatic heterocycles. The first kappa shape index (κ1) is 10.7. The molecule has 1 unspecified atom stereocenters. The molecule has 1 aromatic carbocycles. The standard InChI is InChI=1S/C11H10ClNO/c1-8(12)11(14)10-4-2-3-9(7-10)5-6-13/h2-4,7-8H,5H2,1H3. The highest BCUT2D eigenvalue weighted by Gasteiger charge is 2.11. The molecule has 0 saturated heterocycles. The third-order valence-corrected chi connectivity index (χ3v) is 2.05. The van der Waals surface area contributed by atoms with E-state index in [1.807, 2.05) is 12.1 Å². The van der Waals surface area contributed by atoms with Crippen LogP contribution < -0.4 is 0 Å². The molecule has 0 bridgehead atoms. The van der Waals surface area contributed by atoms with Crippen LogP contribution in [0.4, 0.5) is 0 Å². The van der Waals surface area contributed by atoms with E-state index in [1.54, 1.807) is 25.1 Å². The fourth-order valence-corrected chi connectivity index (χ4v) is 1.28. The zero-order chi connectivity index (χ0) is 10.6. The first-order valence-electron chi connectivity index (χ1n) is 4.29. The third kappa shape index (κ3) is 2.58. The topological polar surface area (TPSA) is 40.9 Å². The molecule has 0 radical (unpaired) electrons. The van der Waals surface area contributed by atoms with Crippen LogP contribution in [0.5, 0.6) is 0 Å². The highest BCUT2D eigenvalue weighted by Crippen LogP contribution is 2.10. The molecule has 1 rings (SSSR count). The molecule has 3 heteroatoms. The van der Waals surface area contributed by atoms with Crippen LogP contribution in [-0.2, 0) is 6.42 Å². The Bertz CT molecular complexity index is 379. The van der Waals surface area contributed by atoms with Gasteiger partial charge in [-0.3, -0.25) is 4.79 Å². The molecule has 1 atom stereocenters. The lowest BCUT2D eigenvalue weighted by Crippen LogP contribution is -2.10. The molecule has 0 N–H and O–H groups in total. The Balaban J connectivity index is 2.95. The van der Waals surface area contributed by atoms with Gasteiger partial charge in [-0.1, -0.05) is 18.2 Å². The first-order chi connectivity index (χ1) is 6.65. The normalized spacial score (nSPS) is 11.8. The summed E-state index contributed by atoms with van der Waals surface area (Å²) in [6.45, 7) is 1.64. The average molecular weight is 208 g/mol. The number of benzene rings is 1. The van der Waals surface area contributed by atoms with Crippen molar-refractivity contribution < 1.29 is 4.79 Å². The molecule has 0 saturated carbocycles. The number of hydrogen-bond acceptors (Lipinski definition) is 2. The van der Waals surface area contributed by atoms with Crippen molar-refractivity contribution in [2.75, 3.05) is 0 Å². The summed E-state index contributed by atoms with van der Waals surface area (Å²) in [6, 6.07) is 9.04. The highest BCUT2D eigenvalue weighted by atomic mass is 35.5. The third-order valence-electron chi connectivity index (χ3n) is 1.86. The Morgan fingerprint density at radius 2 is 2.36 bits per heavy atom. The number of nitriles is 1. The van der Waals surface area contributed by atoms with Crippen LogP contribution in [0, 0.1) is 11.3 Å². The van der Waals surface area contributed by atoms with Gasteiger partial charge in [0.25, 0.3) is 0 Å². The number of ketones is 1. The number of halogens is 1. The van der Waals surface area contributed by atoms with Crippen molar-refractivity contribution in [3.05, 3.63) is 35.4 Å². The summed E-state index contributed by atoms with van der Waals surface area (Å²) in [6.07, 6.45) is 0.317. The van der Waals surface area contributed by atoms with E-state index < -0.39 is 5.38 Å². The Hall–Kier alpha value is -1.33. The van der Waals surface area contributed by atoms with E-state index in [-0.39, 0.29) is 5.78 Å². The maximum absolute atomic E-state index is 11.5. The average Bonchev–Trinajstić information content (AvgIpc) is 2.17. The molecule has 0 aromatic heterocycles. The van der Waals surface area contributed by atoms with Crippen LogP contribution in [-0.4, -0.2) is 11.2 Å². The summed E-state index contributed by atoms with van der Waals surface area (Å²) in [7, 11) is 0. The van der Waals surface area contributed by atoms with Gasteiger partial charge in [-0.15, -0.1) is 11.6 Å². The monoisotopic (exact) mass is 207 g/mol. The molecule has 0 heterocycles. The Morgan fingerprint density at radius 1 is 1.64 bits per heavy atom. The minimum atomic E-state index is -0.521. The summed E-state index contributed by atoms with van der Waals surface area (Å²) < 4.78 is 0. The van der Waals surface area contributed by atoms with Gasteiger partial charge in [0.15, 0.2) is 5.78 Å². The smallest absolute Gasteiger partial charge is 0.180 e. The molecule has 0 spiro atoms. The van der Waals surface area contributed by atoms with Crippen LogP contribution in [0.2, 0.25) is 0 Å². The molecule has 1 aromatic rings. The predicted octanol–water partition coefficient (Wildman–Crippen LogP) is 2.56. The number of Topliss-reactive ketones (excluding diaryl/α,β-unsaturated/α-hetero) is 1. The maximum Gasteiger partial charge on any atom is 0.180 e. The predicted molar refractivity (Wildman–Crippen MR) is 55.4 cm³/mol. The van der Waals surface area contributed by atoms with Crippen LogP contribution in [0.3, 0.4) is 0 Å². The van der Waals surface area contributed by atoms with Gasteiger partial charge in [-0.2, -0.15) is 5.26 Å². The largest absolute Gasteiger partial charge is 0.293 e. The summed E-state index contributed by atoms with van der Waals surface area (Å²) in [5.41, 5.74) is 1.41. The van der Waals surface area contributed by atoms with E-state index in [0.717, 1.165) is 5.56 Å². The van der Waals surface area contributed by atoms with Crippen molar-refractivity contribution in [2.45, 2.75) is 18.7 Å². The van der Waals surface area contributed by atoms with Gasteiger partial charge in [0.1, 0.15) is 0 Å². The van der Waals surface area contributed by atoms with Gasteiger partial charge in [0, 0.05) is 5.56 Å². The minimum absolute atomic E-state index is 0.105. The molecule has 0 aliphatic carbocycles. The molecule has 72 valence electrons. The van der Waals surface area contributed by atoms with Crippen molar-refractivity contribution in [2.24, 2.45) is 0 Å². The van der Waals surface area contributed by atoms with Crippen LogP contribution in [0.1, 0.15) is 22.8 Å². The highest BCUT2D eigenvalue weighted by molar-refractivity contribution is 6.33. The molecule has 0 fully saturated rings. The quantitative estimate of drug-likeness (QED) is 0.565. The number of alkyl halides is 1. The Morgan fingerprint density at radius 3 is 2.93 bits per heavy atom. The lowest BCUT2D eigenvalue weighted by atomic mass is 10.0. The van der Waals surface area contributed by atoms with E-state index in [1.165, 1.54) is 0 Å². The summed E-state index contributed by atoms with van der Waals surface area (Å²) >= 11 is 5.68. The van der Waals surface area contributed by atoms with Crippen molar-refractivity contribution in [1.29, 1.82) is 5.26 Å². The van der Waals surface area contributed by atoms with Crippen LogP contribution in [0.15, 0.2) is 24.3 Å². The van der Waals surface area contributed by atoms with Gasteiger partial charge in [0.05, 0.1) is 17.9 Å². The Labute approximate surface area is 88.1 Å². The number of carbonyl (C=O) groups is 1. The molecule has 0 amide bonds. The first-order valence-corrected chi connectivity index (χ1v) is 4.73. The number of hydrogen-bond donors (Lipinski definition) is 0. The Kier molecular flexibility index (Phi) is 3.67. The minimum Gasteiger partial charge on any atom is -0.293 e. The fraction of sp³-hybridized carbons (Fsp3) is 0.273. The lowest BCUT2D eigenvalue weighted by Gasteiger charge is -2.03. The van der Waals surface area contributed by atoms with Crippen molar-refractivity contribution in [3.63, 3.8) is 0 Å². The van der Waals surface area contributed by atoms with Gasteiger partial charge in [-0.05, 0) is 18.6 Å². The summed E-state index contributed by atoms with van der Waals surface area (Å²) in [5.74, 6) is -0.105. The van der Waals surface area contributed by atoms with Gasteiger partial charge < -0.3 is 0 Å². The molecule has 2 nitrogen and oxygen atoms in total.